The molecule has 0 saturated heterocycles. The molecule has 0 bridgehead atoms. The van der Waals surface area contributed by atoms with Gasteiger partial charge in [0.15, 0.2) is 0 Å². The standard InChI is InChI=1S/C14H21NO3/c1-2-9-18-13-6-3-5-12(10-13)11-15-8-4-7-14(16)17/h3,5-6,10,15H,2,4,7-9,11H2,1H3,(H,16,17). The van der Waals surface area contributed by atoms with Crippen molar-refractivity contribution in [3.63, 3.8) is 0 Å². The lowest BCUT2D eigenvalue weighted by atomic mass is 10.2. The lowest BCUT2D eigenvalue weighted by Gasteiger charge is -2.08. The summed E-state index contributed by atoms with van der Waals surface area (Å²) in [7, 11) is 0. The molecule has 4 heteroatoms. The Labute approximate surface area is 108 Å². The Morgan fingerprint density at radius 1 is 1.44 bits per heavy atom. The van der Waals surface area contributed by atoms with E-state index >= 15 is 0 Å². The van der Waals surface area contributed by atoms with Crippen LogP contribution in [0.25, 0.3) is 0 Å². The maximum atomic E-state index is 10.3. The Bertz CT molecular complexity index is 366. The summed E-state index contributed by atoms with van der Waals surface area (Å²) in [5.74, 6) is 0.147. The summed E-state index contributed by atoms with van der Waals surface area (Å²) in [4.78, 5) is 10.3. The van der Waals surface area contributed by atoms with Crippen LogP contribution in [0.1, 0.15) is 31.7 Å². The molecule has 0 unspecified atom stereocenters. The van der Waals surface area contributed by atoms with Gasteiger partial charge in [0.25, 0.3) is 0 Å². The fraction of sp³-hybridized carbons (Fsp3) is 0.500. The van der Waals surface area contributed by atoms with Crippen molar-refractivity contribution in [2.45, 2.75) is 32.7 Å². The number of nitrogens with one attached hydrogen (secondary N) is 1. The summed E-state index contributed by atoms with van der Waals surface area (Å²) < 4.78 is 5.55. The predicted octanol–water partition coefficient (Wildman–Crippen LogP) is 2.43. The molecule has 0 radical (unpaired) electrons. The molecule has 1 aromatic rings. The lowest BCUT2D eigenvalue weighted by Crippen LogP contribution is -2.15. The number of benzene rings is 1. The van der Waals surface area contributed by atoms with Gasteiger partial charge < -0.3 is 15.2 Å². The zero-order chi connectivity index (χ0) is 13.2. The van der Waals surface area contributed by atoms with E-state index in [0.717, 1.165) is 30.9 Å². The fourth-order valence-corrected chi connectivity index (χ4v) is 1.56. The van der Waals surface area contributed by atoms with Crippen molar-refractivity contribution in [2.75, 3.05) is 13.2 Å². The number of aliphatic carboxylic acids is 1. The van der Waals surface area contributed by atoms with E-state index in [0.29, 0.717) is 13.0 Å². The second kappa shape index (κ2) is 8.53. The summed E-state index contributed by atoms with van der Waals surface area (Å²) >= 11 is 0. The molecule has 2 N–H and O–H groups in total. The highest BCUT2D eigenvalue weighted by Crippen LogP contribution is 2.13. The molecule has 0 saturated carbocycles. The van der Waals surface area contributed by atoms with Crippen LogP contribution in [0.3, 0.4) is 0 Å². The fourth-order valence-electron chi connectivity index (χ4n) is 1.56. The highest BCUT2D eigenvalue weighted by Gasteiger charge is 1.98. The van der Waals surface area contributed by atoms with Gasteiger partial charge in [0.2, 0.25) is 0 Å². The third-order valence-electron chi connectivity index (χ3n) is 2.44. The topological polar surface area (TPSA) is 58.6 Å². The van der Waals surface area contributed by atoms with Gasteiger partial charge in [-0.05, 0) is 37.1 Å². The molecule has 0 spiro atoms. The van der Waals surface area contributed by atoms with Gasteiger partial charge in [-0.3, -0.25) is 4.79 Å². The van der Waals surface area contributed by atoms with E-state index in [1.807, 2.05) is 24.3 Å². The second-order valence-electron chi connectivity index (χ2n) is 4.17. The Morgan fingerprint density at radius 3 is 3.00 bits per heavy atom. The average Bonchev–Trinajstić information content (AvgIpc) is 2.36. The first-order valence-corrected chi connectivity index (χ1v) is 6.36. The molecular weight excluding hydrogens is 230 g/mol. The first-order valence-electron chi connectivity index (χ1n) is 6.36. The third-order valence-corrected chi connectivity index (χ3v) is 2.44. The van der Waals surface area contributed by atoms with Crippen LogP contribution in [0.5, 0.6) is 5.75 Å². The highest BCUT2D eigenvalue weighted by atomic mass is 16.5. The van der Waals surface area contributed by atoms with Crippen molar-refractivity contribution < 1.29 is 14.6 Å². The monoisotopic (exact) mass is 251 g/mol. The molecule has 18 heavy (non-hydrogen) atoms. The molecule has 0 aromatic heterocycles. The number of carbonyl (C=O) groups is 1. The molecule has 0 amide bonds. The lowest BCUT2D eigenvalue weighted by molar-refractivity contribution is -0.137. The van der Waals surface area contributed by atoms with E-state index in [4.69, 9.17) is 9.84 Å². The van der Waals surface area contributed by atoms with Gasteiger partial charge in [-0.15, -0.1) is 0 Å². The first-order chi connectivity index (χ1) is 8.72. The van der Waals surface area contributed by atoms with E-state index in [2.05, 4.69) is 12.2 Å². The van der Waals surface area contributed by atoms with Crippen molar-refractivity contribution in [1.29, 1.82) is 0 Å². The van der Waals surface area contributed by atoms with Crippen LogP contribution in [-0.2, 0) is 11.3 Å². The Kier molecular flexibility index (Phi) is 6.87. The molecular formula is C14H21NO3. The van der Waals surface area contributed by atoms with Crippen LogP contribution < -0.4 is 10.1 Å². The molecule has 0 aliphatic rings. The minimum atomic E-state index is -0.744. The molecule has 100 valence electrons. The number of hydrogen-bond donors (Lipinski definition) is 2. The summed E-state index contributed by atoms with van der Waals surface area (Å²) in [6.45, 7) is 4.26. The quantitative estimate of drug-likeness (QED) is 0.662. The Balaban J connectivity index is 2.26. The van der Waals surface area contributed by atoms with Crippen LogP contribution in [0.15, 0.2) is 24.3 Å². The van der Waals surface area contributed by atoms with Crippen LogP contribution in [0, 0.1) is 0 Å². The summed E-state index contributed by atoms with van der Waals surface area (Å²) in [6, 6.07) is 7.96. The van der Waals surface area contributed by atoms with Crippen molar-refractivity contribution in [2.24, 2.45) is 0 Å². The second-order valence-corrected chi connectivity index (χ2v) is 4.17. The van der Waals surface area contributed by atoms with Gasteiger partial charge in [0.1, 0.15) is 5.75 Å². The smallest absolute Gasteiger partial charge is 0.303 e. The largest absolute Gasteiger partial charge is 0.494 e. The number of hydrogen-bond acceptors (Lipinski definition) is 3. The summed E-state index contributed by atoms with van der Waals surface area (Å²) in [5.41, 5.74) is 1.15. The van der Waals surface area contributed by atoms with Gasteiger partial charge in [0, 0.05) is 13.0 Å². The minimum Gasteiger partial charge on any atom is -0.494 e. The van der Waals surface area contributed by atoms with E-state index in [1.165, 1.54) is 0 Å². The number of carboxylic acids is 1. The maximum Gasteiger partial charge on any atom is 0.303 e. The van der Waals surface area contributed by atoms with Crippen molar-refractivity contribution in [1.82, 2.24) is 5.32 Å². The zero-order valence-corrected chi connectivity index (χ0v) is 10.8. The molecule has 1 aromatic carbocycles. The number of carboxylic acid groups (broad SMARTS) is 1. The number of ether oxygens (including phenoxy) is 1. The van der Waals surface area contributed by atoms with Crippen LogP contribution in [-0.4, -0.2) is 24.2 Å². The van der Waals surface area contributed by atoms with Crippen molar-refractivity contribution in [3.05, 3.63) is 29.8 Å². The van der Waals surface area contributed by atoms with Gasteiger partial charge >= 0.3 is 5.97 Å². The predicted molar refractivity (Wildman–Crippen MR) is 70.8 cm³/mol. The number of rotatable bonds is 9. The van der Waals surface area contributed by atoms with Crippen molar-refractivity contribution in [3.8, 4) is 5.75 Å². The van der Waals surface area contributed by atoms with Crippen LogP contribution >= 0.6 is 0 Å². The Hall–Kier alpha value is -1.55. The van der Waals surface area contributed by atoms with E-state index in [-0.39, 0.29) is 6.42 Å². The third kappa shape index (κ3) is 6.25. The first kappa shape index (κ1) is 14.5. The van der Waals surface area contributed by atoms with Gasteiger partial charge in [0.05, 0.1) is 6.61 Å². The molecule has 4 nitrogen and oxygen atoms in total. The zero-order valence-electron chi connectivity index (χ0n) is 10.8. The van der Waals surface area contributed by atoms with Crippen LogP contribution in [0.2, 0.25) is 0 Å². The summed E-state index contributed by atoms with van der Waals surface area (Å²) in [5, 5.41) is 11.7. The van der Waals surface area contributed by atoms with E-state index in [1.54, 1.807) is 0 Å². The molecule has 0 heterocycles. The van der Waals surface area contributed by atoms with Crippen LogP contribution in [0.4, 0.5) is 0 Å². The molecule has 0 aliphatic carbocycles. The molecule has 0 atom stereocenters. The van der Waals surface area contributed by atoms with Crippen molar-refractivity contribution >= 4 is 5.97 Å². The molecule has 0 fully saturated rings. The molecule has 0 aliphatic heterocycles. The minimum absolute atomic E-state index is 0.215. The maximum absolute atomic E-state index is 10.3. The van der Waals surface area contributed by atoms with Gasteiger partial charge in [-0.25, -0.2) is 0 Å². The molecule has 1 rings (SSSR count). The normalized spacial score (nSPS) is 10.3. The summed E-state index contributed by atoms with van der Waals surface area (Å²) in [6.07, 6.45) is 1.87. The Morgan fingerprint density at radius 2 is 2.28 bits per heavy atom. The SMILES string of the molecule is CCCOc1cccc(CNCCCC(=O)O)c1. The van der Waals surface area contributed by atoms with Gasteiger partial charge in [-0.1, -0.05) is 19.1 Å². The van der Waals surface area contributed by atoms with E-state index in [9.17, 15) is 4.79 Å². The van der Waals surface area contributed by atoms with Gasteiger partial charge in [-0.2, -0.15) is 0 Å². The highest BCUT2D eigenvalue weighted by molar-refractivity contribution is 5.66. The average molecular weight is 251 g/mol. The van der Waals surface area contributed by atoms with E-state index < -0.39 is 5.97 Å².